The van der Waals surface area contributed by atoms with Crippen LogP contribution in [-0.4, -0.2) is 31.2 Å². The maximum atomic E-state index is 4.71. The van der Waals surface area contributed by atoms with E-state index in [0.717, 1.165) is 31.7 Å². The zero-order valence-electron chi connectivity index (χ0n) is 9.36. The van der Waals surface area contributed by atoms with Gasteiger partial charge in [-0.3, -0.25) is 0 Å². The Morgan fingerprint density at radius 3 is 2.94 bits per heavy atom. The Bertz CT molecular complexity index is 500. The first-order valence-electron chi connectivity index (χ1n) is 5.66. The molecule has 0 spiro atoms. The molecule has 4 heteroatoms. The second-order valence-electron chi connectivity index (χ2n) is 4.20. The Hall–Kier alpha value is -1.13. The third-order valence-electron chi connectivity index (χ3n) is 2.92. The number of fused-ring (bicyclic) bond motifs is 1. The summed E-state index contributed by atoms with van der Waals surface area (Å²) in [4.78, 5) is 7.09. The highest BCUT2D eigenvalue weighted by Crippen LogP contribution is 2.29. The van der Waals surface area contributed by atoms with Gasteiger partial charge in [-0.2, -0.15) is 0 Å². The average molecular weight is 233 g/mol. The van der Waals surface area contributed by atoms with Crippen LogP contribution in [0, 0.1) is 6.92 Å². The SMILES string of the molecule is Cc1ccc2sc(N3CCNCC3)nc2c1. The summed E-state index contributed by atoms with van der Waals surface area (Å²) < 4.78 is 1.29. The summed E-state index contributed by atoms with van der Waals surface area (Å²) in [6.45, 7) is 6.38. The zero-order chi connectivity index (χ0) is 11.0. The molecule has 1 saturated heterocycles. The topological polar surface area (TPSA) is 28.2 Å². The number of piperazine rings is 1. The zero-order valence-corrected chi connectivity index (χ0v) is 10.2. The molecule has 0 atom stereocenters. The van der Waals surface area contributed by atoms with Crippen molar-refractivity contribution in [3.63, 3.8) is 0 Å². The molecule has 0 radical (unpaired) electrons. The smallest absolute Gasteiger partial charge is 0.186 e. The van der Waals surface area contributed by atoms with Crippen LogP contribution in [0.1, 0.15) is 5.56 Å². The highest BCUT2D eigenvalue weighted by atomic mass is 32.1. The monoisotopic (exact) mass is 233 g/mol. The van der Waals surface area contributed by atoms with Crippen molar-refractivity contribution in [2.24, 2.45) is 0 Å². The van der Waals surface area contributed by atoms with Crippen LogP contribution in [-0.2, 0) is 0 Å². The number of nitrogens with one attached hydrogen (secondary N) is 1. The molecule has 2 aromatic rings. The molecule has 3 rings (SSSR count). The fourth-order valence-corrected chi connectivity index (χ4v) is 3.01. The second kappa shape index (κ2) is 4.03. The van der Waals surface area contributed by atoms with Gasteiger partial charge < -0.3 is 10.2 Å². The quantitative estimate of drug-likeness (QED) is 0.816. The van der Waals surface area contributed by atoms with Gasteiger partial charge in [0.15, 0.2) is 5.13 Å². The molecule has 16 heavy (non-hydrogen) atoms. The Morgan fingerprint density at radius 2 is 2.12 bits per heavy atom. The Labute approximate surface area is 99.1 Å². The maximum absolute atomic E-state index is 4.71. The average Bonchev–Trinajstić information content (AvgIpc) is 2.73. The Kier molecular flexibility index (Phi) is 2.53. The lowest BCUT2D eigenvalue weighted by molar-refractivity contribution is 0.588. The predicted octanol–water partition coefficient (Wildman–Crippen LogP) is 2.01. The highest BCUT2D eigenvalue weighted by Gasteiger charge is 2.14. The summed E-state index contributed by atoms with van der Waals surface area (Å²) >= 11 is 1.80. The van der Waals surface area contributed by atoms with Crippen molar-refractivity contribution in [3.05, 3.63) is 23.8 Å². The molecule has 84 valence electrons. The standard InChI is InChI=1S/C12H15N3S/c1-9-2-3-11-10(8-9)14-12(16-11)15-6-4-13-5-7-15/h2-3,8,13H,4-7H2,1H3. The predicted molar refractivity (Wildman–Crippen MR) is 69.4 cm³/mol. The number of rotatable bonds is 1. The van der Waals surface area contributed by atoms with E-state index in [1.54, 1.807) is 11.3 Å². The van der Waals surface area contributed by atoms with E-state index in [-0.39, 0.29) is 0 Å². The molecule has 1 aliphatic heterocycles. The van der Waals surface area contributed by atoms with E-state index in [9.17, 15) is 0 Å². The normalized spacial score (nSPS) is 16.9. The van der Waals surface area contributed by atoms with Gasteiger partial charge >= 0.3 is 0 Å². The Balaban J connectivity index is 1.97. The fourth-order valence-electron chi connectivity index (χ4n) is 2.02. The molecule has 0 bridgehead atoms. The second-order valence-corrected chi connectivity index (χ2v) is 5.21. The van der Waals surface area contributed by atoms with Crippen molar-refractivity contribution in [2.75, 3.05) is 31.1 Å². The molecule has 0 saturated carbocycles. The molecule has 0 aliphatic carbocycles. The van der Waals surface area contributed by atoms with Crippen LogP contribution >= 0.6 is 11.3 Å². The molecule has 1 aliphatic rings. The summed E-state index contributed by atoms with van der Waals surface area (Å²) in [5.74, 6) is 0. The van der Waals surface area contributed by atoms with E-state index in [0.29, 0.717) is 0 Å². The van der Waals surface area contributed by atoms with Gasteiger partial charge in [-0.1, -0.05) is 17.4 Å². The largest absolute Gasteiger partial charge is 0.346 e. The molecule has 1 N–H and O–H groups in total. The van der Waals surface area contributed by atoms with E-state index in [4.69, 9.17) is 4.98 Å². The molecule has 1 aromatic carbocycles. The molecule has 0 unspecified atom stereocenters. The number of aromatic nitrogens is 1. The summed E-state index contributed by atoms with van der Waals surface area (Å²) in [6, 6.07) is 6.49. The summed E-state index contributed by atoms with van der Waals surface area (Å²) in [5, 5.41) is 4.53. The van der Waals surface area contributed by atoms with E-state index < -0.39 is 0 Å². The summed E-state index contributed by atoms with van der Waals surface area (Å²) in [6.07, 6.45) is 0. The van der Waals surface area contributed by atoms with Gasteiger partial charge in [-0.25, -0.2) is 4.98 Å². The Morgan fingerprint density at radius 1 is 1.31 bits per heavy atom. The number of hydrogen-bond donors (Lipinski definition) is 1. The van der Waals surface area contributed by atoms with Gasteiger partial charge in [-0.15, -0.1) is 0 Å². The van der Waals surface area contributed by atoms with Gasteiger partial charge in [-0.05, 0) is 24.6 Å². The van der Waals surface area contributed by atoms with Crippen LogP contribution in [0.25, 0.3) is 10.2 Å². The molecule has 3 nitrogen and oxygen atoms in total. The summed E-state index contributed by atoms with van der Waals surface area (Å²) in [5.41, 5.74) is 2.42. The van der Waals surface area contributed by atoms with E-state index in [1.165, 1.54) is 15.4 Å². The number of hydrogen-bond acceptors (Lipinski definition) is 4. The number of nitrogens with zero attached hydrogens (tertiary/aromatic N) is 2. The van der Waals surface area contributed by atoms with E-state index >= 15 is 0 Å². The fraction of sp³-hybridized carbons (Fsp3) is 0.417. The lowest BCUT2D eigenvalue weighted by Crippen LogP contribution is -2.43. The minimum absolute atomic E-state index is 1.06. The van der Waals surface area contributed by atoms with Crippen molar-refractivity contribution in [3.8, 4) is 0 Å². The van der Waals surface area contributed by atoms with Crippen molar-refractivity contribution >= 4 is 26.7 Å². The van der Waals surface area contributed by atoms with Crippen LogP contribution in [0.2, 0.25) is 0 Å². The molecule has 0 amide bonds. The van der Waals surface area contributed by atoms with Gasteiger partial charge in [0.25, 0.3) is 0 Å². The van der Waals surface area contributed by atoms with Crippen molar-refractivity contribution in [2.45, 2.75) is 6.92 Å². The molecule has 1 aromatic heterocycles. The summed E-state index contributed by atoms with van der Waals surface area (Å²) in [7, 11) is 0. The van der Waals surface area contributed by atoms with E-state index in [2.05, 4.69) is 35.3 Å². The number of thiazole rings is 1. The van der Waals surface area contributed by atoms with Crippen LogP contribution < -0.4 is 10.2 Å². The van der Waals surface area contributed by atoms with Crippen molar-refractivity contribution in [1.29, 1.82) is 0 Å². The van der Waals surface area contributed by atoms with E-state index in [1.807, 2.05) is 0 Å². The number of aryl methyl sites for hydroxylation is 1. The van der Waals surface area contributed by atoms with Gasteiger partial charge in [0.05, 0.1) is 10.2 Å². The number of benzene rings is 1. The molecule has 2 heterocycles. The molecular weight excluding hydrogens is 218 g/mol. The maximum Gasteiger partial charge on any atom is 0.186 e. The first kappa shape index (κ1) is 10.1. The minimum atomic E-state index is 1.06. The van der Waals surface area contributed by atoms with Gasteiger partial charge in [0.1, 0.15) is 0 Å². The first-order chi connectivity index (χ1) is 7.83. The first-order valence-corrected chi connectivity index (χ1v) is 6.47. The van der Waals surface area contributed by atoms with Crippen molar-refractivity contribution in [1.82, 2.24) is 10.3 Å². The molecule has 1 fully saturated rings. The van der Waals surface area contributed by atoms with Crippen LogP contribution in [0.15, 0.2) is 18.2 Å². The lowest BCUT2D eigenvalue weighted by Gasteiger charge is -2.26. The molecular formula is C12H15N3S. The third kappa shape index (κ3) is 1.79. The lowest BCUT2D eigenvalue weighted by atomic mass is 10.2. The van der Waals surface area contributed by atoms with Crippen molar-refractivity contribution < 1.29 is 0 Å². The minimum Gasteiger partial charge on any atom is -0.346 e. The highest BCUT2D eigenvalue weighted by molar-refractivity contribution is 7.22. The van der Waals surface area contributed by atoms with Crippen LogP contribution in [0.4, 0.5) is 5.13 Å². The van der Waals surface area contributed by atoms with Gasteiger partial charge in [0.2, 0.25) is 0 Å². The van der Waals surface area contributed by atoms with Crippen LogP contribution in [0.5, 0.6) is 0 Å². The third-order valence-corrected chi connectivity index (χ3v) is 4.02. The number of anilines is 1. The van der Waals surface area contributed by atoms with Gasteiger partial charge in [0, 0.05) is 26.2 Å². The van der Waals surface area contributed by atoms with Crippen LogP contribution in [0.3, 0.4) is 0 Å².